The molecule has 0 fully saturated rings. The maximum atomic E-state index is 11.5. The highest BCUT2D eigenvalue weighted by molar-refractivity contribution is 5.93. The van der Waals surface area contributed by atoms with Gasteiger partial charge in [0, 0.05) is 5.69 Å². The van der Waals surface area contributed by atoms with E-state index in [1.807, 2.05) is 12.1 Å². The molecule has 0 aromatic heterocycles. The molecule has 1 aromatic carbocycles. The van der Waals surface area contributed by atoms with Crippen molar-refractivity contribution in [3.05, 3.63) is 29.8 Å². The van der Waals surface area contributed by atoms with E-state index in [-0.39, 0.29) is 6.42 Å². The van der Waals surface area contributed by atoms with Crippen LogP contribution in [0, 0.1) is 0 Å². The van der Waals surface area contributed by atoms with Gasteiger partial charge in [-0.15, -0.1) is 0 Å². The van der Waals surface area contributed by atoms with Gasteiger partial charge < -0.3 is 16.2 Å². The topological polar surface area (TPSA) is 92.4 Å². The lowest BCUT2D eigenvalue weighted by molar-refractivity contribution is -0.140. The molecule has 0 aliphatic carbocycles. The smallest absolute Gasteiger partial charge is 0.321 e. The average molecular weight is 250 g/mol. The summed E-state index contributed by atoms with van der Waals surface area (Å²) in [5.74, 6) is -1.57. The van der Waals surface area contributed by atoms with Crippen molar-refractivity contribution in [3.63, 3.8) is 0 Å². The van der Waals surface area contributed by atoms with Crippen LogP contribution in [0.15, 0.2) is 24.3 Å². The summed E-state index contributed by atoms with van der Waals surface area (Å²) >= 11 is 0. The number of hydrogen-bond acceptors (Lipinski definition) is 3. The fraction of sp³-hybridized carbons (Fsp3) is 0.385. The number of anilines is 1. The second-order valence-electron chi connectivity index (χ2n) is 4.14. The van der Waals surface area contributed by atoms with Gasteiger partial charge in [0.25, 0.3) is 0 Å². The summed E-state index contributed by atoms with van der Waals surface area (Å²) in [6.45, 7) is 2.10. The molecule has 1 atom stereocenters. The summed E-state index contributed by atoms with van der Waals surface area (Å²) in [5, 5.41) is 11.2. The highest BCUT2D eigenvalue weighted by atomic mass is 16.4. The molecule has 1 rings (SSSR count). The number of carboxylic acids is 1. The first kappa shape index (κ1) is 14.2. The third-order valence-corrected chi connectivity index (χ3v) is 2.50. The van der Waals surface area contributed by atoms with Gasteiger partial charge in [0.2, 0.25) is 5.91 Å². The van der Waals surface area contributed by atoms with Crippen LogP contribution < -0.4 is 11.1 Å². The molecule has 5 nitrogen and oxygen atoms in total. The van der Waals surface area contributed by atoms with Crippen molar-refractivity contribution in [3.8, 4) is 0 Å². The zero-order chi connectivity index (χ0) is 13.5. The van der Waals surface area contributed by atoms with Gasteiger partial charge in [-0.25, -0.2) is 0 Å². The van der Waals surface area contributed by atoms with E-state index in [0.29, 0.717) is 5.69 Å². The summed E-state index contributed by atoms with van der Waals surface area (Å²) in [4.78, 5) is 22.0. The molecular formula is C13H18N2O3. The van der Waals surface area contributed by atoms with E-state index in [1.165, 1.54) is 5.56 Å². The van der Waals surface area contributed by atoms with Crippen molar-refractivity contribution < 1.29 is 14.7 Å². The van der Waals surface area contributed by atoms with Crippen LogP contribution in [0.4, 0.5) is 5.69 Å². The molecule has 0 saturated heterocycles. The molecule has 0 aliphatic rings. The maximum Gasteiger partial charge on any atom is 0.321 e. The molecule has 98 valence electrons. The molecule has 1 aromatic rings. The van der Waals surface area contributed by atoms with Gasteiger partial charge in [-0.2, -0.15) is 0 Å². The summed E-state index contributed by atoms with van der Waals surface area (Å²) in [6, 6.07) is 6.32. The molecule has 0 aliphatic heterocycles. The summed E-state index contributed by atoms with van der Waals surface area (Å²) < 4.78 is 0. The zero-order valence-electron chi connectivity index (χ0n) is 10.3. The Kier molecular flexibility index (Phi) is 5.32. The quantitative estimate of drug-likeness (QED) is 0.711. The number of hydrogen-bond donors (Lipinski definition) is 3. The van der Waals surface area contributed by atoms with Gasteiger partial charge in [-0.1, -0.05) is 25.5 Å². The Labute approximate surface area is 106 Å². The van der Waals surface area contributed by atoms with Gasteiger partial charge in [0.15, 0.2) is 0 Å². The van der Waals surface area contributed by atoms with Crippen LogP contribution >= 0.6 is 0 Å². The molecule has 0 heterocycles. The third kappa shape index (κ3) is 4.55. The van der Waals surface area contributed by atoms with Crippen molar-refractivity contribution in [1.29, 1.82) is 0 Å². The van der Waals surface area contributed by atoms with Gasteiger partial charge in [0.1, 0.15) is 6.04 Å². The largest absolute Gasteiger partial charge is 0.480 e. The maximum absolute atomic E-state index is 11.5. The van der Waals surface area contributed by atoms with Crippen LogP contribution in [0.3, 0.4) is 0 Å². The number of aryl methyl sites for hydroxylation is 1. The summed E-state index contributed by atoms with van der Waals surface area (Å²) in [7, 11) is 0. The highest BCUT2D eigenvalue weighted by Gasteiger charge is 2.16. The molecule has 18 heavy (non-hydrogen) atoms. The van der Waals surface area contributed by atoms with E-state index in [9.17, 15) is 9.59 Å². The van der Waals surface area contributed by atoms with Crippen molar-refractivity contribution >= 4 is 17.6 Å². The summed E-state index contributed by atoms with van der Waals surface area (Å²) in [5.41, 5.74) is 7.13. The zero-order valence-corrected chi connectivity index (χ0v) is 10.3. The number of amides is 1. The molecule has 0 saturated carbocycles. The van der Waals surface area contributed by atoms with Crippen molar-refractivity contribution in [2.75, 3.05) is 5.32 Å². The van der Waals surface area contributed by atoms with E-state index in [0.717, 1.165) is 12.8 Å². The number of benzene rings is 1. The van der Waals surface area contributed by atoms with Crippen molar-refractivity contribution in [2.24, 2.45) is 5.73 Å². The van der Waals surface area contributed by atoms with Crippen LogP contribution in [-0.2, 0) is 16.0 Å². The molecule has 0 spiro atoms. The number of rotatable bonds is 6. The third-order valence-electron chi connectivity index (χ3n) is 2.50. The van der Waals surface area contributed by atoms with E-state index in [1.54, 1.807) is 12.1 Å². The molecule has 4 N–H and O–H groups in total. The number of aliphatic carboxylic acids is 1. The Morgan fingerprint density at radius 1 is 1.33 bits per heavy atom. The lowest BCUT2D eigenvalue weighted by Gasteiger charge is -2.08. The molecule has 5 heteroatoms. The van der Waals surface area contributed by atoms with Gasteiger partial charge in [-0.3, -0.25) is 9.59 Å². The van der Waals surface area contributed by atoms with E-state index in [2.05, 4.69) is 12.2 Å². The first-order valence-corrected chi connectivity index (χ1v) is 5.90. The summed E-state index contributed by atoms with van der Waals surface area (Å²) in [6.07, 6.45) is 1.84. The van der Waals surface area contributed by atoms with Crippen LogP contribution in [-0.4, -0.2) is 23.0 Å². The monoisotopic (exact) mass is 250 g/mol. The Morgan fingerprint density at radius 3 is 2.44 bits per heavy atom. The van der Waals surface area contributed by atoms with E-state index in [4.69, 9.17) is 10.8 Å². The standard InChI is InChI=1S/C13H18N2O3/c1-2-3-9-4-6-10(7-5-9)15-12(16)8-11(14)13(17)18/h4-7,11H,2-3,8,14H2,1H3,(H,15,16)(H,17,18). The number of carbonyl (C=O) groups excluding carboxylic acids is 1. The fourth-order valence-electron chi connectivity index (χ4n) is 1.54. The second kappa shape index (κ2) is 6.76. The SMILES string of the molecule is CCCc1ccc(NC(=O)CC(N)C(=O)O)cc1. The normalized spacial score (nSPS) is 11.9. The van der Waals surface area contributed by atoms with Crippen LogP contribution in [0.1, 0.15) is 25.3 Å². The Hall–Kier alpha value is -1.88. The molecular weight excluding hydrogens is 232 g/mol. The average Bonchev–Trinajstić information content (AvgIpc) is 2.31. The predicted octanol–water partition coefficient (Wildman–Crippen LogP) is 1.38. The predicted molar refractivity (Wildman–Crippen MR) is 69.3 cm³/mol. The van der Waals surface area contributed by atoms with Crippen LogP contribution in [0.5, 0.6) is 0 Å². The minimum absolute atomic E-state index is 0.230. The highest BCUT2D eigenvalue weighted by Crippen LogP contribution is 2.11. The Bertz CT molecular complexity index is 415. The lowest BCUT2D eigenvalue weighted by atomic mass is 10.1. The van der Waals surface area contributed by atoms with Gasteiger partial charge in [0.05, 0.1) is 6.42 Å². The van der Waals surface area contributed by atoms with Crippen molar-refractivity contribution in [2.45, 2.75) is 32.2 Å². The minimum atomic E-state index is -1.18. The van der Waals surface area contributed by atoms with Gasteiger partial charge in [-0.05, 0) is 24.1 Å². The number of carbonyl (C=O) groups is 2. The minimum Gasteiger partial charge on any atom is -0.480 e. The second-order valence-corrected chi connectivity index (χ2v) is 4.14. The molecule has 0 radical (unpaired) electrons. The first-order chi connectivity index (χ1) is 8.52. The number of nitrogens with one attached hydrogen (secondary N) is 1. The molecule has 1 amide bonds. The van der Waals surface area contributed by atoms with E-state index < -0.39 is 17.9 Å². The van der Waals surface area contributed by atoms with E-state index >= 15 is 0 Å². The van der Waals surface area contributed by atoms with Crippen LogP contribution in [0.2, 0.25) is 0 Å². The molecule has 0 bridgehead atoms. The van der Waals surface area contributed by atoms with Crippen LogP contribution in [0.25, 0.3) is 0 Å². The first-order valence-electron chi connectivity index (χ1n) is 5.90. The van der Waals surface area contributed by atoms with Gasteiger partial charge >= 0.3 is 5.97 Å². The number of carboxylic acid groups (broad SMARTS) is 1. The number of nitrogens with two attached hydrogens (primary N) is 1. The fourth-order valence-corrected chi connectivity index (χ4v) is 1.54. The van der Waals surface area contributed by atoms with Crippen molar-refractivity contribution in [1.82, 2.24) is 0 Å². The lowest BCUT2D eigenvalue weighted by Crippen LogP contribution is -2.34. The Balaban J connectivity index is 2.51. The molecule has 1 unspecified atom stereocenters. The Morgan fingerprint density at radius 2 is 1.94 bits per heavy atom.